The highest BCUT2D eigenvalue weighted by Gasteiger charge is 2.26. The summed E-state index contributed by atoms with van der Waals surface area (Å²) in [5.41, 5.74) is 3.11. The van der Waals surface area contributed by atoms with Crippen LogP contribution in [0.2, 0.25) is 0 Å². The number of aryl methyl sites for hydroxylation is 2. The van der Waals surface area contributed by atoms with E-state index in [2.05, 4.69) is 30.3 Å². The Balaban J connectivity index is 1.72. The minimum Gasteiger partial charge on any atom is -0.351 e. The van der Waals surface area contributed by atoms with Gasteiger partial charge in [0.15, 0.2) is 5.69 Å². The van der Waals surface area contributed by atoms with Crippen molar-refractivity contribution in [3.63, 3.8) is 0 Å². The van der Waals surface area contributed by atoms with Gasteiger partial charge in [-0.2, -0.15) is 5.10 Å². The van der Waals surface area contributed by atoms with E-state index in [1.807, 2.05) is 30.0 Å². The van der Waals surface area contributed by atoms with Crippen molar-refractivity contribution in [2.75, 3.05) is 13.1 Å². The van der Waals surface area contributed by atoms with Gasteiger partial charge in [0.25, 0.3) is 11.8 Å². The zero-order valence-electron chi connectivity index (χ0n) is 16.4. The van der Waals surface area contributed by atoms with Crippen LogP contribution in [0.5, 0.6) is 0 Å². The second-order valence-electron chi connectivity index (χ2n) is 7.65. The average molecular weight is 368 g/mol. The topological polar surface area (TPSA) is 67.2 Å². The van der Waals surface area contributed by atoms with Gasteiger partial charge in [-0.1, -0.05) is 43.7 Å². The van der Waals surface area contributed by atoms with Gasteiger partial charge >= 0.3 is 0 Å². The van der Waals surface area contributed by atoms with E-state index in [9.17, 15) is 9.59 Å². The average Bonchev–Trinajstić information content (AvgIpc) is 2.98. The van der Waals surface area contributed by atoms with Crippen molar-refractivity contribution in [2.24, 2.45) is 5.92 Å². The van der Waals surface area contributed by atoms with Crippen LogP contribution in [0.4, 0.5) is 0 Å². The van der Waals surface area contributed by atoms with Crippen LogP contribution in [-0.2, 0) is 13.1 Å². The molecule has 0 atom stereocenters. The van der Waals surface area contributed by atoms with Gasteiger partial charge < -0.3 is 10.2 Å². The van der Waals surface area contributed by atoms with Gasteiger partial charge in [-0.25, -0.2) is 0 Å². The van der Waals surface area contributed by atoms with Crippen LogP contribution in [0.25, 0.3) is 0 Å². The maximum absolute atomic E-state index is 13.0. The summed E-state index contributed by atoms with van der Waals surface area (Å²) in [6, 6.07) is 9.82. The zero-order valence-corrected chi connectivity index (χ0v) is 16.4. The van der Waals surface area contributed by atoms with Crippen molar-refractivity contribution in [3.8, 4) is 0 Å². The third kappa shape index (κ3) is 4.76. The Hall–Kier alpha value is -2.63. The molecule has 1 aromatic carbocycles. The largest absolute Gasteiger partial charge is 0.351 e. The van der Waals surface area contributed by atoms with Gasteiger partial charge in [0.1, 0.15) is 5.69 Å². The molecule has 1 aliphatic rings. The first-order valence-electron chi connectivity index (χ1n) is 9.65. The Morgan fingerprint density at radius 3 is 2.81 bits per heavy atom. The first-order valence-corrected chi connectivity index (χ1v) is 9.65. The fourth-order valence-corrected chi connectivity index (χ4v) is 3.29. The summed E-state index contributed by atoms with van der Waals surface area (Å²) in [7, 11) is 0. The molecule has 1 N–H and O–H groups in total. The molecule has 27 heavy (non-hydrogen) atoms. The SMILES string of the molecule is Cc1cccc(CN2CCCn3nc(C(=O)NCCC(C)C)cc3C2=O)c1. The standard InChI is InChI=1S/C21H28N4O2/c1-15(2)8-9-22-20(26)18-13-19-21(27)24(10-5-11-25(19)23-18)14-17-7-4-6-16(3)12-17/h4,6-7,12-13,15H,5,8-11,14H2,1-3H3,(H,22,26). The molecule has 6 heteroatoms. The number of amides is 2. The molecule has 0 unspecified atom stereocenters. The Labute approximate surface area is 160 Å². The van der Waals surface area contributed by atoms with Crippen molar-refractivity contribution < 1.29 is 9.59 Å². The smallest absolute Gasteiger partial charge is 0.272 e. The van der Waals surface area contributed by atoms with Gasteiger partial charge in [0.2, 0.25) is 0 Å². The molecule has 0 fully saturated rings. The number of hydrogen-bond donors (Lipinski definition) is 1. The normalized spacial score (nSPS) is 14.2. The molecular weight excluding hydrogens is 340 g/mol. The monoisotopic (exact) mass is 368 g/mol. The highest BCUT2D eigenvalue weighted by atomic mass is 16.2. The molecule has 1 aromatic heterocycles. The lowest BCUT2D eigenvalue weighted by molar-refractivity contribution is 0.0745. The number of nitrogens with one attached hydrogen (secondary N) is 1. The molecule has 2 amide bonds. The highest BCUT2D eigenvalue weighted by molar-refractivity contribution is 5.98. The van der Waals surface area contributed by atoms with E-state index in [0.29, 0.717) is 43.5 Å². The van der Waals surface area contributed by atoms with E-state index in [-0.39, 0.29) is 11.8 Å². The number of fused-ring (bicyclic) bond motifs is 1. The van der Waals surface area contributed by atoms with Crippen molar-refractivity contribution in [1.29, 1.82) is 0 Å². The number of aromatic nitrogens is 2. The predicted octanol–water partition coefficient (Wildman–Crippen LogP) is 3.01. The summed E-state index contributed by atoms with van der Waals surface area (Å²) < 4.78 is 1.68. The predicted molar refractivity (Wildman–Crippen MR) is 105 cm³/mol. The van der Waals surface area contributed by atoms with Crippen LogP contribution in [0.15, 0.2) is 30.3 Å². The number of rotatable bonds is 6. The number of benzene rings is 1. The molecule has 144 valence electrons. The summed E-state index contributed by atoms with van der Waals surface area (Å²) in [5, 5.41) is 7.26. The minimum atomic E-state index is -0.214. The highest BCUT2D eigenvalue weighted by Crippen LogP contribution is 2.17. The number of nitrogens with zero attached hydrogens (tertiary/aromatic N) is 3. The van der Waals surface area contributed by atoms with E-state index in [1.165, 1.54) is 5.56 Å². The molecule has 0 saturated carbocycles. The quantitative estimate of drug-likeness (QED) is 0.852. The summed E-state index contributed by atoms with van der Waals surface area (Å²) >= 11 is 0. The first-order chi connectivity index (χ1) is 12.9. The Morgan fingerprint density at radius 1 is 1.26 bits per heavy atom. The number of hydrogen-bond acceptors (Lipinski definition) is 3. The lowest BCUT2D eigenvalue weighted by Crippen LogP contribution is -2.30. The van der Waals surface area contributed by atoms with Gasteiger partial charge in [-0.15, -0.1) is 0 Å². The van der Waals surface area contributed by atoms with Crippen LogP contribution in [-0.4, -0.2) is 39.6 Å². The molecule has 0 aliphatic carbocycles. The van der Waals surface area contributed by atoms with Crippen LogP contribution in [0.3, 0.4) is 0 Å². The third-order valence-electron chi connectivity index (χ3n) is 4.78. The number of carbonyl (C=O) groups excluding carboxylic acids is 2. The molecule has 0 radical (unpaired) electrons. The second kappa shape index (κ2) is 8.37. The van der Waals surface area contributed by atoms with Crippen molar-refractivity contribution in [1.82, 2.24) is 20.0 Å². The summed E-state index contributed by atoms with van der Waals surface area (Å²) in [6.45, 7) is 8.80. The fraction of sp³-hybridized carbons (Fsp3) is 0.476. The van der Waals surface area contributed by atoms with E-state index >= 15 is 0 Å². The maximum atomic E-state index is 13.0. The molecular formula is C21H28N4O2. The summed E-state index contributed by atoms with van der Waals surface area (Å²) in [5.74, 6) is 0.248. The summed E-state index contributed by atoms with van der Waals surface area (Å²) in [4.78, 5) is 27.2. The molecule has 0 bridgehead atoms. The maximum Gasteiger partial charge on any atom is 0.272 e. The Morgan fingerprint density at radius 2 is 2.07 bits per heavy atom. The molecule has 6 nitrogen and oxygen atoms in total. The third-order valence-corrected chi connectivity index (χ3v) is 4.78. The molecule has 0 saturated heterocycles. The van der Waals surface area contributed by atoms with E-state index in [1.54, 1.807) is 10.7 Å². The Kier molecular flexibility index (Phi) is 5.94. The van der Waals surface area contributed by atoms with Crippen LogP contribution < -0.4 is 5.32 Å². The van der Waals surface area contributed by atoms with Gasteiger partial charge in [-0.3, -0.25) is 14.3 Å². The van der Waals surface area contributed by atoms with E-state index < -0.39 is 0 Å². The first kappa shape index (κ1) is 19.1. The van der Waals surface area contributed by atoms with Gasteiger partial charge in [-0.05, 0) is 31.2 Å². The lowest BCUT2D eigenvalue weighted by atomic mass is 10.1. The zero-order chi connectivity index (χ0) is 19.4. The van der Waals surface area contributed by atoms with Gasteiger partial charge in [0.05, 0.1) is 0 Å². The van der Waals surface area contributed by atoms with Crippen LogP contribution >= 0.6 is 0 Å². The van der Waals surface area contributed by atoms with Crippen LogP contribution in [0.1, 0.15) is 58.8 Å². The minimum absolute atomic E-state index is 0.0669. The Bertz CT molecular complexity index is 825. The fourth-order valence-electron chi connectivity index (χ4n) is 3.29. The van der Waals surface area contributed by atoms with Crippen LogP contribution in [0, 0.1) is 12.8 Å². The van der Waals surface area contributed by atoms with Gasteiger partial charge in [0, 0.05) is 32.2 Å². The summed E-state index contributed by atoms with van der Waals surface area (Å²) in [6.07, 6.45) is 1.74. The van der Waals surface area contributed by atoms with Crippen molar-refractivity contribution >= 4 is 11.8 Å². The molecule has 0 spiro atoms. The van der Waals surface area contributed by atoms with E-state index in [4.69, 9.17) is 0 Å². The number of carbonyl (C=O) groups is 2. The van der Waals surface area contributed by atoms with Crippen molar-refractivity contribution in [3.05, 3.63) is 52.8 Å². The lowest BCUT2D eigenvalue weighted by Gasteiger charge is -2.20. The second-order valence-corrected chi connectivity index (χ2v) is 7.65. The van der Waals surface area contributed by atoms with E-state index in [0.717, 1.165) is 18.4 Å². The molecule has 3 rings (SSSR count). The molecule has 2 heterocycles. The molecule has 2 aromatic rings. The molecule has 1 aliphatic heterocycles. The van der Waals surface area contributed by atoms with Crippen molar-refractivity contribution in [2.45, 2.75) is 46.7 Å².